The van der Waals surface area contributed by atoms with E-state index in [9.17, 15) is 0 Å². The minimum atomic E-state index is -0.146. The molecule has 0 aliphatic carbocycles. The van der Waals surface area contributed by atoms with Gasteiger partial charge in [0, 0.05) is 11.9 Å². The van der Waals surface area contributed by atoms with E-state index in [4.69, 9.17) is 5.73 Å². The van der Waals surface area contributed by atoms with Gasteiger partial charge >= 0.3 is 0 Å². The first kappa shape index (κ1) is 10.5. The zero-order chi connectivity index (χ0) is 11.8. The number of benzene rings is 1. The van der Waals surface area contributed by atoms with Gasteiger partial charge in [0.2, 0.25) is 0 Å². The lowest BCUT2D eigenvalue weighted by atomic mass is 10.2. The Morgan fingerprint density at radius 3 is 2.76 bits per heavy atom. The van der Waals surface area contributed by atoms with Crippen LogP contribution in [0.1, 0.15) is 16.7 Å². The van der Waals surface area contributed by atoms with Crippen molar-refractivity contribution in [2.75, 3.05) is 0 Å². The van der Waals surface area contributed by atoms with Crippen LogP contribution < -0.4 is 5.73 Å². The van der Waals surface area contributed by atoms with E-state index < -0.39 is 0 Å². The number of nitrogens with zero attached hydrogens (tertiary/aromatic N) is 2. The molecule has 0 spiro atoms. The Hall–Kier alpha value is -1.65. The summed E-state index contributed by atoms with van der Waals surface area (Å²) in [6.07, 6.45) is 0. The first-order valence-corrected chi connectivity index (χ1v) is 6.35. The van der Waals surface area contributed by atoms with Gasteiger partial charge in [-0.3, -0.25) is 0 Å². The number of aromatic nitrogens is 2. The molecule has 3 aromatic rings. The highest BCUT2D eigenvalue weighted by Crippen LogP contribution is 2.25. The molecule has 0 aliphatic heterocycles. The third-order valence-corrected chi connectivity index (χ3v) is 3.91. The Bertz CT molecular complexity index is 640. The number of thiophene rings is 1. The summed E-state index contributed by atoms with van der Waals surface area (Å²) in [6.45, 7) is 0. The van der Waals surface area contributed by atoms with Gasteiger partial charge in [0.15, 0.2) is 0 Å². The van der Waals surface area contributed by atoms with Crippen LogP contribution in [-0.4, -0.2) is 9.55 Å². The molecule has 2 heterocycles. The van der Waals surface area contributed by atoms with Crippen molar-refractivity contribution in [3.63, 3.8) is 0 Å². The molecular weight excluding hydrogens is 230 g/mol. The fourth-order valence-corrected chi connectivity index (χ4v) is 2.76. The third-order valence-electron chi connectivity index (χ3n) is 2.95. The van der Waals surface area contributed by atoms with E-state index in [0.717, 1.165) is 21.7 Å². The summed E-state index contributed by atoms with van der Waals surface area (Å²) in [5.41, 5.74) is 8.37. The second kappa shape index (κ2) is 3.98. The first-order valence-electron chi connectivity index (χ1n) is 5.47. The van der Waals surface area contributed by atoms with Gasteiger partial charge in [0.05, 0.1) is 17.1 Å². The van der Waals surface area contributed by atoms with Crippen molar-refractivity contribution in [1.82, 2.24) is 9.55 Å². The van der Waals surface area contributed by atoms with E-state index in [0.29, 0.717) is 0 Å². The monoisotopic (exact) mass is 243 g/mol. The Labute approximate surface area is 104 Å². The van der Waals surface area contributed by atoms with Crippen LogP contribution in [0.15, 0.2) is 41.8 Å². The Kier molecular flexibility index (Phi) is 2.46. The van der Waals surface area contributed by atoms with Gasteiger partial charge in [-0.2, -0.15) is 0 Å². The molecular formula is C13H13N3S. The van der Waals surface area contributed by atoms with Crippen LogP contribution in [0.3, 0.4) is 0 Å². The highest BCUT2D eigenvalue weighted by atomic mass is 32.1. The molecule has 0 bridgehead atoms. The number of para-hydroxylation sites is 2. The van der Waals surface area contributed by atoms with Crippen LogP contribution in [0.5, 0.6) is 0 Å². The second-order valence-corrected chi connectivity index (χ2v) is 4.99. The maximum absolute atomic E-state index is 6.25. The molecule has 0 amide bonds. The molecule has 86 valence electrons. The van der Waals surface area contributed by atoms with E-state index in [2.05, 4.69) is 21.7 Å². The number of rotatable bonds is 2. The molecule has 0 saturated heterocycles. The van der Waals surface area contributed by atoms with Crippen molar-refractivity contribution in [3.8, 4) is 0 Å². The topological polar surface area (TPSA) is 43.8 Å². The van der Waals surface area contributed by atoms with Crippen molar-refractivity contribution in [1.29, 1.82) is 0 Å². The average Bonchev–Trinajstić information content (AvgIpc) is 2.97. The lowest BCUT2D eigenvalue weighted by molar-refractivity contribution is 0.738. The van der Waals surface area contributed by atoms with Crippen LogP contribution in [0.25, 0.3) is 11.0 Å². The normalized spacial score (nSPS) is 13.1. The smallest absolute Gasteiger partial charge is 0.132 e. The van der Waals surface area contributed by atoms with Gasteiger partial charge in [-0.05, 0) is 23.6 Å². The molecule has 3 nitrogen and oxygen atoms in total. The van der Waals surface area contributed by atoms with E-state index in [1.165, 1.54) is 0 Å². The zero-order valence-electron chi connectivity index (χ0n) is 9.50. The van der Waals surface area contributed by atoms with Crippen LogP contribution >= 0.6 is 11.3 Å². The van der Waals surface area contributed by atoms with Crippen LogP contribution in [0.4, 0.5) is 0 Å². The van der Waals surface area contributed by atoms with Crippen LogP contribution in [0.2, 0.25) is 0 Å². The Morgan fingerprint density at radius 2 is 2.06 bits per heavy atom. The van der Waals surface area contributed by atoms with Gasteiger partial charge in [0.25, 0.3) is 0 Å². The predicted molar refractivity (Wildman–Crippen MR) is 71.1 cm³/mol. The lowest BCUT2D eigenvalue weighted by Crippen LogP contribution is -2.15. The quantitative estimate of drug-likeness (QED) is 0.752. The molecule has 2 N–H and O–H groups in total. The fourth-order valence-electron chi connectivity index (χ4n) is 2.04. The molecule has 0 aliphatic rings. The lowest BCUT2D eigenvalue weighted by Gasteiger charge is -2.09. The van der Waals surface area contributed by atoms with Gasteiger partial charge in [-0.15, -0.1) is 11.3 Å². The van der Waals surface area contributed by atoms with Crippen molar-refractivity contribution in [3.05, 3.63) is 52.5 Å². The number of hydrogen-bond donors (Lipinski definition) is 1. The molecule has 4 heteroatoms. The molecule has 0 radical (unpaired) electrons. The summed E-state index contributed by atoms with van der Waals surface area (Å²) in [7, 11) is 2.01. The molecule has 2 aromatic heterocycles. The summed E-state index contributed by atoms with van der Waals surface area (Å²) in [5, 5.41) is 2.04. The number of hydrogen-bond acceptors (Lipinski definition) is 3. The maximum Gasteiger partial charge on any atom is 0.132 e. The van der Waals surface area contributed by atoms with E-state index in [-0.39, 0.29) is 6.04 Å². The third kappa shape index (κ3) is 1.66. The molecule has 0 fully saturated rings. The number of imidazole rings is 1. The Morgan fingerprint density at radius 1 is 1.24 bits per heavy atom. The highest BCUT2D eigenvalue weighted by molar-refractivity contribution is 7.10. The second-order valence-electron chi connectivity index (χ2n) is 4.01. The molecule has 1 aromatic carbocycles. The van der Waals surface area contributed by atoms with E-state index in [1.807, 2.05) is 36.7 Å². The number of nitrogens with two attached hydrogens (primary N) is 1. The summed E-state index contributed by atoms with van der Waals surface area (Å²) < 4.78 is 2.07. The van der Waals surface area contributed by atoms with Crippen molar-refractivity contribution in [2.45, 2.75) is 6.04 Å². The standard InChI is InChI=1S/C13H13N3S/c1-16-10-6-3-2-5-9(10)15-13(16)12(14)11-7-4-8-17-11/h2-8,12H,14H2,1H3. The van der Waals surface area contributed by atoms with Crippen LogP contribution in [-0.2, 0) is 7.05 Å². The fraction of sp³-hybridized carbons (Fsp3) is 0.154. The summed E-state index contributed by atoms with van der Waals surface area (Å²) in [6, 6.07) is 12.0. The minimum Gasteiger partial charge on any atom is -0.329 e. The van der Waals surface area contributed by atoms with Gasteiger partial charge in [0.1, 0.15) is 5.82 Å². The van der Waals surface area contributed by atoms with E-state index >= 15 is 0 Å². The maximum atomic E-state index is 6.25. The summed E-state index contributed by atoms with van der Waals surface area (Å²) in [5.74, 6) is 0.911. The van der Waals surface area contributed by atoms with E-state index in [1.54, 1.807) is 11.3 Å². The minimum absolute atomic E-state index is 0.146. The van der Waals surface area contributed by atoms with Crippen molar-refractivity contribution >= 4 is 22.4 Å². The molecule has 1 unspecified atom stereocenters. The molecule has 0 saturated carbocycles. The van der Waals surface area contributed by atoms with Gasteiger partial charge in [-0.1, -0.05) is 18.2 Å². The summed E-state index contributed by atoms with van der Waals surface area (Å²) >= 11 is 1.67. The van der Waals surface area contributed by atoms with Crippen molar-refractivity contribution in [2.24, 2.45) is 12.8 Å². The van der Waals surface area contributed by atoms with Gasteiger partial charge < -0.3 is 10.3 Å². The Balaban J connectivity index is 2.15. The molecule has 1 atom stereocenters. The van der Waals surface area contributed by atoms with Crippen LogP contribution in [0, 0.1) is 0 Å². The number of fused-ring (bicyclic) bond motifs is 1. The summed E-state index contributed by atoms with van der Waals surface area (Å²) in [4.78, 5) is 5.75. The SMILES string of the molecule is Cn1c(C(N)c2cccs2)nc2ccccc21. The number of aryl methyl sites for hydroxylation is 1. The largest absolute Gasteiger partial charge is 0.329 e. The average molecular weight is 243 g/mol. The predicted octanol–water partition coefficient (Wildman–Crippen LogP) is 2.68. The zero-order valence-corrected chi connectivity index (χ0v) is 10.3. The molecule has 3 rings (SSSR count). The van der Waals surface area contributed by atoms with Crippen molar-refractivity contribution < 1.29 is 0 Å². The molecule has 17 heavy (non-hydrogen) atoms. The highest BCUT2D eigenvalue weighted by Gasteiger charge is 2.16. The first-order chi connectivity index (χ1) is 8.27. The van der Waals surface area contributed by atoms with Gasteiger partial charge in [-0.25, -0.2) is 4.98 Å².